The molecule has 0 heterocycles. The highest BCUT2D eigenvalue weighted by Gasteiger charge is 2.23. The first-order chi connectivity index (χ1) is 9.81. The number of hydrogen-bond acceptors (Lipinski definition) is 4. The van der Waals surface area contributed by atoms with Crippen LogP contribution in [0, 0.1) is 16.0 Å². The minimum atomic E-state index is -1.12. The van der Waals surface area contributed by atoms with Crippen LogP contribution in [0.25, 0.3) is 0 Å². The van der Waals surface area contributed by atoms with Crippen LogP contribution in [-0.2, 0) is 11.3 Å². The summed E-state index contributed by atoms with van der Waals surface area (Å²) in [6.07, 6.45) is 0. The number of carbonyl (C=O) groups excluding carboxylic acids is 1. The largest absolute Gasteiger partial charge is 0.480 e. The van der Waals surface area contributed by atoms with Crippen molar-refractivity contribution in [2.75, 3.05) is 0 Å². The molecule has 1 rings (SSSR count). The second kappa shape index (κ2) is 7.22. The lowest BCUT2D eigenvalue weighted by molar-refractivity contribution is -0.384. The summed E-state index contributed by atoms with van der Waals surface area (Å²) in [6, 6.07) is 4.21. The fourth-order valence-electron chi connectivity index (χ4n) is 1.67. The fourth-order valence-corrected chi connectivity index (χ4v) is 1.67. The quantitative estimate of drug-likeness (QED) is 0.542. The van der Waals surface area contributed by atoms with Crippen molar-refractivity contribution in [3.05, 3.63) is 39.9 Å². The van der Waals surface area contributed by atoms with Gasteiger partial charge in [-0.1, -0.05) is 26.0 Å². The molecule has 0 saturated heterocycles. The van der Waals surface area contributed by atoms with Gasteiger partial charge in [0.2, 0.25) is 0 Å². The maximum absolute atomic E-state index is 11.6. The highest BCUT2D eigenvalue weighted by Crippen LogP contribution is 2.12. The van der Waals surface area contributed by atoms with Crippen LogP contribution in [0.4, 0.5) is 10.5 Å². The average Bonchev–Trinajstić information content (AvgIpc) is 2.42. The molecule has 0 aliphatic carbocycles. The van der Waals surface area contributed by atoms with Crippen molar-refractivity contribution in [1.82, 2.24) is 10.6 Å². The zero-order valence-corrected chi connectivity index (χ0v) is 11.7. The van der Waals surface area contributed by atoms with E-state index in [1.54, 1.807) is 19.9 Å². The molecule has 0 aliphatic rings. The Hall–Kier alpha value is -2.64. The predicted molar refractivity (Wildman–Crippen MR) is 74.7 cm³/mol. The number of nitro benzene ring substituents is 1. The molecule has 0 spiro atoms. The SMILES string of the molecule is CC(C)C(NC(=O)NCc1cccc([N+](=O)[O-])c1)C(=O)O. The average molecular weight is 295 g/mol. The lowest BCUT2D eigenvalue weighted by atomic mass is 10.1. The van der Waals surface area contributed by atoms with Gasteiger partial charge in [0.25, 0.3) is 5.69 Å². The van der Waals surface area contributed by atoms with Gasteiger partial charge in [-0.3, -0.25) is 10.1 Å². The number of aliphatic carboxylic acids is 1. The van der Waals surface area contributed by atoms with Gasteiger partial charge < -0.3 is 15.7 Å². The highest BCUT2D eigenvalue weighted by molar-refractivity contribution is 5.82. The van der Waals surface area contributed by atoms with Crippen LogP contribution in [0.5, 0.6) is 0 Å². The molecule has 0 aliphatic heterocycles. The van der Waals surface area contributed by atoms with Crippen molar-refractivity contribution < 1.29 is 19.6 Å². The molecular weight excluding hydrogens is 278 g/mol. The van der Waals surface area contributed by atoms with E-state index in [4.69, 9.17) is 5.11 Å². The molecule has 1 atom stereocenters. The van der Waals surface area contributed by atoms with E-state index in [0.29, 0.717) is 5.56 Å². The number of benzene rings is 1. The van der Waals surface area contributed by atoms with E-state index in [1.165, 1.54) is 18.2 Å². The lowest BCUT2D eigenvalue weighted by Gasteiger charge is -2.18. The summed E-state index contributed by atoms with van der Waals surface area (Å²) in [7, 11) is 0. The Bertz CT molecular complexity index is 544. The Morgan fingerprint density at radius 2 is 2.05 bits per heavy atom. The van der Waals surface area contributed by atoms with Crippen molar-refractivity contribution in [2.24, 2.45) is 5.92 Å². The molecule has 0 fully saturated rings. The van der Waals surface area contributed by atoms with Crippen LogP contribution >= 0.6 is 0 Å². The monoisotopic (exact) mass is 295 g/mol. The summed E-state index contributed by atoms with van der Waals surface area (Å²) >= 11 is 0. The Labute approximate surface area is 121 Å². The third-order valence-electron chi connectivity index (χ3n) is 2.79. The molecule has 3 N–H and O–H groups in total. The maximum atomic E-state index is 11.6. The van der Waals surface area contributed by atoms with E-state index in [1.807, 2.05) is 0 Å². The minimum Gasteiger partial charge on any atom is -0.480 e. The molecule has 8 heteroatoms. The summed E-state index contributed by atoms with van der Waals surface area (Å²) in [4.78, 5) is 32.7. The van der Waals surface area contributed by atoms with E-state index in [0.717, 1.165) is 0 Å². The zero-order chi connectivity index (χ0) is 16.0. The fraction of sp³-hybridized carbons (Fsp3) is 0.385. The first kappa shape index (κ1) is 16.4. The Balaban J connectivity index is 2.58. The van der Waals surface area contributed by atoms with Crippen LogP contribution < -0.4 is 10.6 Å². The molecule has 0 saturated carbocycles. The number of urea groups is 1. The van der Waals surface area contributed by atoms with Crippen LogP contribution in [0.2, 0.25) is 0 Å². The van der Waals surface area contributed by atoms with Crippen molar-refractivity contribution in [2.45, 2.75) is 26.4 Å². The van der Waals surface area contributed by atoms with E-state index in [9.17, 15) is 19.7 Å². The maximum Gasteiger partial charge on any atom is 0.326 e. The molecule has 0 aromatic heterocycles. The standard InChI is InChI=1S/C13H17N3O5/c1-8(2)11(12(17)18)15-13(19)14-7-9-4-3-5-10(6-9)16(20)21/h3-6,8,11H,7H2,1-2H3,(H,17,18)(H2,14,15,19). The number of rotatable bonds is 6. The molecule has 1 aromatic carbocycles. The summed E-state index contributed by atoms with van der Waals surface area (Å²) in [6.45, 7) is 3.43. The zero-order valence-electron chi connectivity index (χ0n) is 11.7. The number of nitrogens with one attached hydrogen (secondary N) is 2. The van der Waals surface area contributed by atoms with Crippen LogP contribution in [0.1, 0.15) is 19.4 Å². The summed E-state index contributed by atoms with van der Waals surface area (Å²) in [5, 5.41) is 24.4. The summed E-state index contributed by atoms with van der Waals surface area (Å²) in [5.74, 6) is -1.37. The van der Waals surface area contributed by atoms with Gasteiger partial charge in [0.15, 0.2) is 0 Å². The number of amides is 2. The molecule has 1 aromatic rings. The van der Waals surface area contributed by atoms with E-state index >= 15 is 0 Å². The topological polar surface area (TPSA) is 122 Å². The van der Waals surface area contributed by atoms with Crippen LogP contribution in [0.15, 0.2) is 24.3 Å². The number of carboxylic acid groups (broad SMARTS) is 1. The van der Waals surface area contributed by atoms with Crippen LogP contribution in [0.3, 0.4) is 0 Å². The molecular formula is C13H17N3O5. The third-order valence-corrected chi connectivity index (χ3v) is 2.79. The Kier molecular flexibility index (Phi) is 5.65. The molecule has 114 valence electrons. The molecule has 1 unspecified atom stereocenters. The van der Waals surface area contributed by atoms with Gasteiger partial charge in [-0.15, -0.1) is 0 Å². The smallest absolute Gasteiger partial charge is 0.326 e. The van der Waals surface area contributed by atoms with Crippen LogP contribution in [-0.4, -0.2) is 28.1 Å². The van der Waals surface area contributed by atoms with Crippen molar-refractivity contribution in [1.29, 1.82) is 0 Å². The van der Waals surface area contributed by atoms with Gasteiger partial charge >= 0.3 is 12.0 Å². The summed E-state index contributed by atoms with van der Waals surface area (Å²) in [5.41, 5.74) is 0.482. The second-order valence-electron chi connectivity index (χ2n) is 4.81. The molecule has 2 amide bonds. The van der Waals surface area contributed by atoms with Gasteiger partial charge in [-0.05, 0) is 11.5 Å². The number of carbonyl (C=O) groups is 2. The van der Waals surface area contributed by atoms with Crippen molar-refractivity contribution in [3.8, 4) is 0 Å². The number of carboxylic acids is 1. The molecule has 0 radical (unpaired) electrons. The third kappa shape index (κ3) is 5.09. The Morgan fingerprint density at radius 3 is 2.57 bits per heavy atom. The van der Waals surface area contributed by atoms with E-state index in [2.05, 4.69) is 10.6 Å². The van der Waals surface area contributed by atoms with Gasteiger partial charge in [-0.2, -0.15) is 0 Å². The van der Waals surface area contributed by atoms with E-state index < -0.39 is 23.0 Å². The number of nitro groups is 1. The number of nitrogens with zero attached hydrogens (tertiary/aromatic N) is 1. The van der Waals surface area contributed by atoms with Gasteiger partial charge in [0.1, 0.15) is 6.04 Å². The number of non-ortho nitro benzene ring substituents is 1. The molecule has 8 nitrogen and oxygen atoms in total. The number of hydrogen-bond donors (Lipinski definition) is 3. The Morgan fingerprint density at radius 1 is 1.38 bits per heavy atom. The molecule has 21 heavy (non-hydrogen) atoms. The molecule has 0 bridgehead atoms. The lowest BCUT2D eigenvalue weighted by Crippen LogP contribution is -2.48. The second-order valence-corrected chi connectivity index (χ2v) is 4.81. The normalized spacial score (nSPS) is 11.8. The first-order valence-electron chi connectivity index (χ1n) is 6.31. The first-order valence-corrected chi connectivity index (χ1v) is 6.31. The van der Waals surface area contributed by atoms with Crippen molar-refractivity contribution >= 4 is 17.7 Å². The minimum absolute atomic E-state index is 0.0674. The van der Waals surface area contributed by atoms with Gasteiger partial charge in [0, 0.05) is 18.7 Å². The predicted octanol–water partition coefficient (Wildman–Crippen LogP) is 1.50. The summed E-state index contributed by atoms with van der Waals surface area (Å²) < 4.78 is 0. The van der Waals surface area contributed by atoms with Gasteiger partial charge in [-0.25, -0.2) is 9.59 Å². The van der Waals surface area contributed by atoms with Crippen molar-refractivity contribution in [3.63, 3.8) is 0 Å². The van der Waals surface area contributed by atoms with Gasteiger partial charge in [0.05, 0.1) is 4.92 Å². The highest BCUT2D eigenvalue weighted by atomic mass is 16.6. The van der Waals surface area contributed by atoms with E-state index in [-0.39, 0.29) is 18.2 Å².